The van der Waals surface area contributed by atoms with Crippen molar-refractivity contribution in [2.45, 2.75) is 12.6 Å². The summed E-state index contributed by atoms with van der Waals surface area (Å²) >= 11 is 17.2. The van der Waals surface area contributed by atoms with E-state index >= 15 is 0 Å². The summed E-state index contributed by atoms with van der Waals surface area (Å²) in [5, 5.41) is 1.91. The van der Waals surface area contributed by atoms with Crippen molar-refractivity contribution in [3.05, 3.63) is 27.2 Å². The molecule has 0 aliphatic carbocycles. The van der Waals surface area contributed by atoms with Crippen LogP contribution in [0, 0.1) is 0 Å². The van der Waals surface area contributed by atoms with Crippen LogP contribution >= 0.6 is 34.8 Å². The molecule has 0 radical (unpaired) electrons. The second kappa shape index (κ2) is 8.47. The van der Waals surface area contributed by atoms with Gasteiger partial charge >= 0.3 is 18.2 Å². The van der Waals surface area contributed by atoms with Crippen LogP contribution in [0.25, 0.3) is 0 Å². The van der Waals surface area contributed by atoms with E-state index in [0.717, 1.165) is 0 Å². The lowest BCUT2D eigenvalue weighted by Crippen LogP contribution is -2.37. The lowest BCUT2D eigenvalue weighted by molar-refractivity contribution is -0.173. The van der Waals surface area contributed by atoms with Crippen LogP contribution in [0.4, 0.5) is 18.0 Å². The standard InChI is InChI=1S/C12H9Cl3F3NO4/c13-6-4-8(15)9(5-7(6)14)23-11(21)22-3-1-2-19-10(20)12(16,17)18/h4-5H,1-3H2,(H,19,20). The SMILES string of the molecule is O=C(OCCCNC(=O)C(F)(F)F)Oc1cc(Cl)c(Cl)cc1Cl. The van der Waals surface area contributed by atoms with Gasteiger partial charge in [-0.2, -0.15) is 13.2 Å². The zero-order valence-corrected chi connectivity index (χ0v) is 13.4. The molecule has 1 N–H and O–H groups in total. The van der Waals surface area contributed by atoms with Gasteiger partial charge in [0.05, 0.1) is 21.7 Å². The topological polar surface area (TPSA) is 64.6 Å². The second-order valence-electron chi connectivity index (χ2n) is 4.00. The zero-order valence-electron chi connectivity index (χ0n) is 11.2. The molecule has 0 bridgehead atoms. The molecule has 128 valence electrons. The molecule has 11 heteroatoms. The number of benzene rings is 1. The van der Waals surface area contributed by atoms with Gasteiger partial charge in [-0.15, -0.1) is 0 Å². The lowest BCUT2D eigenvalue weighted by atomic mass is 10.3. The molecule has 0 aromatic heterocycles. The molecule has 0 saturated carbocycles. The zero-order chi connectivity index (χ0) is 17.6. The Morgan fingerprint density at radius 1 is 1.09 bits per heavy atom. The number of hydrogen-bond acceptors (Lipinski definition) is 4. The first-order valence-electron chi connectivity index (χ1n) is 5.95. The molecule has 1 aromatic carbocycles. The average Bonchev–Trinajstić information content (AvgIpc) is 2.43. The molecule has 0 unspecified atom stereocenters. The van der Waals surface area contributed by atoms with E-state index in [-0.39, 0.29) is 40.4 Å². The maximum Gasteiger partial charge on any atom is 0.513 e. The normalized spacial score (nSPS) is 11.0. The Labute approximate surface area is 143 Å². The minimum atomic E-state index is -4.95. The molecule has 1 rings (SSSR count). The number of alkyl halides is 3. The third kappa shape index (κ3) is 6.72. The highest BCUT2D eigenvalue weighted by molar-refractivity contribution is 6.43. The van der Waals surface area contributed by atoms with Crippen molar-refractivity contribution in [1.29, 1.82) is 0 Å². The van der Waals surface area contributed by atoms with Crippen LogP contribution in [0.5, 0.6) is 5.75 Å². The summed E-state index contributed by atoms with van der Waals surface area (Å²) in [7, 11) is 0. The van der Waals surface area contributed by atoms with Gasteiger partial charge in [0.2, 0.25) is 0 Å². The first-order valence-corrected chi connectivity index (χ1v) is 7.09. The predicted molar refractivity (Wildman–Crippen MR) is 77.1 cm³/mol. The maximum absolute atomic E-state index is 11.9. The van der Waals surface area contributed by atoms with E-state index in [9.17, 15) is 22.8 Å². The molecule has 0 fully saturated rings. The van der Waals surface area contributed by atoms with Crippen LogP contribution < -0.4 is 10.1 Å². The van der Waals surface area contributed by atoms with Gasteiger partial charge < -0.3 is 14.8 Å². The Kier molecular flexibility index (Phi) is 7.24. The van der Waals surface area contributed by atoms with Crippen LogP contribution in [-0.4, -0.2) is 31.4 Å². The summed E-state index contributed by atoms with van der Waals surface area (Å²) < 4.78 is 45.0. The monoisotopic (exact) mass is 393 g/mol. The number of carbonyl (C=O) groups excluding carboxylic acids is 2. The third-order valence-corrected chi connectivity index (χ3v) is 3.27. The van der Waals surface area contributed by atoms with Gasteiger partial charge in [-0.25, -0.2) is 4.79 Å². The summed E-state index contributed by atoms with van der Waals surface area (Å²) in [5.74, 6) is -2.15. The van der Waals surface area contributed by atoms with E-state index < -0.39 is 18.2 Å². The van der Waals surface area contributed by atoms with Gasteiger partial charge in [-0.1, -0.05) is 34.8 Å². The van der Waals surface area contributed by atoms with E-state index in [2.05, 4.69) is 4.74 Å². The van der Waals surface area contributed by atoms with Gasteiger partial charge in [-0.05, 0) is 12.5 Å². The quantitative estimate of drug-likeness (QED) is 0.351. The van der Waals surface area contributed by atoms with Crippen molar-refractivity contribution in [1.82, 2.24) is 5.32 Å². The van der Waals surface area contributed by atoms with Crippen LogP contribution in [-0.2, 0) is 9.53 Å². The molecule has 0 saturated heterocycles. The molecule has 0 atom stereocenters. The van der Waals surface area contributed by atoms with Gasteiger partial charge in [0.1, 0.15) is 0 Å². The maximum atomic E-state index is 11.9. The average molecular weight is 395 g/mol. The first-order chi connectivity index (χ1) is 10.6. The molecule has 0 aliphatic heterocycles. The fraction of sp³-hybridized carbons (Fsp3) is 0.333. The molecule has 0 aliphatic rings. The van der Waals surface area contributed by atoms with Crippen LogP contribution in [0.15, 0.2) is 12.1 Å². The summed E-state index contributed by atoms with van der Waals surface area (Å²) in [6.45, 7) is -0.588. The summed E-state index contributed by atoms with van der Waals surface area (Å²) in [6.07, 6.45) is -6.12. The van der Waals surface area contributed by atoms with Crippen LogP contribution in [0.2, 0.25) is 15.1 Å². The van der Waals surface area contributed by atoms with E-state index in [1.54, 1.807) is 5.32 Å². The molecule has 1 aromatic rings. The van der Waals surface area contributed by atoms with Gasteiger partial charge in [0.15, 0.2) is 5.75 Å². The van der Waals surface area contributed by atoms with Crippen LogP contribution in [0.3, 0.4) is 0 Å². The highest BCUT2D eigenvalue weighted by atomic mass is 35.5. The number of ether oxygens (including phenoxy) is 2. The molecule has 0 spiro atoms. The van der Waals surface area contributed by atoms with Crippen molar-refractivity contribution in [2.24, 2.45) is 0 Å². The molecular formula is C12H9Cl3F3NO4. The molecule has 1 amide bonds. The van der Waals surface area contributed by atoms with Crippen molar-refractivity contribution in [3.63, 3.8) is 0 Å². The van der Waals surface area contributed by atoms with Crippen molar-refractivity contribution >= 4 is 46.9 Å². The Morgan fingerprint density at radius 2 is 1.70 bits per heavy atom. The number of halogens is 6. The second-order valence-corrected chi connectivity index (χ2v) is 5.23. The van der Waals surface area contributed by atoms with E-state index in [1.807, 2.05) is 0 Å². The third-order valence-electron chi connectivity index (χ3n) is 2.25. The highest BCUT2D eigenvalue weighted by Crippen LogP contribution is 2.33. The number of nitrogens with one attached hydrogen (secondary N) is 1. The van der Waals surface area contributed by atoms with Crippen molar-refractivity contribution in [2.75, 3.05) is 13.2 Å². The van der Waals surface area contributed by atoms with Gasteiger partial charge in [-0.3, -0.25) is 4.79 Å². The number of hydrogen-bond donors (Lipinski definition) is 1. The van der Waals surface area contributed by atoms with Gasteiger partial charge in [0, 0.05) is 12.6 Å². The van der Waals surface area contributed by atoms with Crippen molar-refractivity contribution in [3.8, 4) is 5.75 Å². The molecular weight excluding hydrogens is 385 g/mol. The number of rotatable bonds is 5. The van der Waals surface area contributed by atoms with E-state index in [0.29, 0.717) is 0 Å². The predicted octanol–water partition coefficient (Wildman–Crippen LogP) is 4.23. The fourth-order valence-electron chi connectivity index (χ4n) is 1.23. The van der Waals surface area contributed by atoms with Gasteiger partial charge in [0.25, 0.3) is 0 Å². The largest absolute Gasteiger partial charge is 0.513 e. The minimum Gasteiger partial charge on any atom is -0.434 e. The van der Waals surface area contributed by atoms with E-state index in [4.69, 9.17) is 39.5 Å². The molecule has 5 nitrogen and oxygen atoms in total. The van der Waals surface area contributed by atoms with Crippen LogP contribution in [0.1, 0.15) is 6.42 Å². The first kappa shape index (κ1) is 19.7. The number of amides is 1. The molecule has 23 heavy (non-hydrogen) atoms. The highest BCUT2D eigenvalue weighted by Gasteiger charge is 2.38. The Morgan fingerprint density at radius 3 is 2.30 bits per heavy atom. The lowest BCUT2D eigenvalue weighted by Gasteiger charge is -2.09. The fourth-order valence-corrected chi connectivity index (χ4v) is 1.81. The smallest absolute Gasteiger partial charge is 0.434 e. The summed E-state index contributed by atoms with van der Waals surface area (Å²) in [5.41, 5.74) is 0. The Bertz CT molecular complexity index is 596. The summed E-state index contributed by atoms with van der Waals surface area (Å²) in [4.78, 5) is 21.9. The minimum absolute atomic E-state index is 0.0220. The van der Waals surface area contributed by atoms with Crippen molar-refractivity contribution < 1.29 is 32.2 Å². The Hall–Kier alpha value is -1.38. The van der Waals surface area contributed by atoms with E-state index in [1.165, 1.54) is 12.1 Å². The summed E-state index contributed by atoms with van der Waals surface area (Å²) in [6, 6.07) is 2.47. The molecule has 0 heterocycles. The Balaban J connectivity index is 2.33. The number of carbonyl (C=O) groups is 2.